The number of rotatable bonds is 6. The van der Waals surface area contributed by atoms with Gasteiger partial charge < -0.3 is 9.67 Å². The summed E-state index contributed by atoms with van der Waals surface area (Å²) in [4.78, 5) is 4.17. The van der Waals surface area contributed by atoms with Crippen molar-refractivity contribution in [1.82, 2.24) is 9.55 Å². The van der Waals surface area contributed by atoms with Gasteiger partial charge in [-0.3, -0.25) is 0 Å². The lowest BCUT2D eigenvalue weighted by atomic mass is 10.1. The molecule has 1 heterocycles. The summed E-state index contributed by atoms with van der Waals surface area (Å²) in [5.41, 5.74) is 3.58. The molecule has 0 saturated heterocycles. The summed E-state index contributed by atoms with van der Waals surface area (Å²) in [6, 6.07) is 17.2. The van der Waals surface area contributed by atoms with Crippen LogP contribution in [0.1, 0.15) is 34.9 Å². The summed E-state index contributed by atoms with van der Waals surface area (Å²) in [5.74, 6) is 0. The SMILES string of the molecule is N#Cc1ccc(Cn2cncc2C(O)CCc2cccc(Cl)c2)cc1. The van der Waals surface area contributed by atoms with E-state index in [0.29, 0.717) is 23.6 Å². The van der Waals surface area contributed by atoms with E-state index in [1.54, 1.807) is 24.7 Å². The molecule has 4 nitrogen and oxygen atoms in total. The summed E-state index contributed by atoms with van der Waals surface area (Å²) >= 11 is 6.00. The van der Waals surface area contributed by atoms with Crippen LogP contribution >= 0.6 is 11.6 Å². The lowest BCUT2D eigenvalue weighted by molar-refractivity contribution is 0.159. The van der Waals surface area contributed by atoms with Crippen molar-refractivity contribution in [1.29, 1.82) is 5.26 Å². The Labute approximate surface area is 151 Å². The van der Waals surface area contributed by atoms with Gasteiger partial charge in [0.25, 0.3) is 0 Å². The molecule has 2 aromatic carbocycles. The van der Waals surface area contributed by atoms with Gasteiger partial charge in [-0.05, 0) is 48.2 Å². The van der Waals surface area contributed by atoms with Crippen molar-refractivity contribution >= 4 is 11.6 Å². The molecule has 126 valence electrons. The quantitative estimate of drug-likeness (QED) is 0.726. The van der Waals surface area contributed by atoms with E-state index in [0.717, 1.165) is 23.2 Å². The molecule has 5 heteroatoms. The number of imidazole rings is 1. The van der Waals surface area contributed by atoms with Crippen molar-refractivity contribution in [3.05, 3.63) is 88.5 Å². The Morgan fingerprint density at radius 2 is 1.96 bits per heavy atom. The number of aliphatic hydroxyl groups is 1. The second-order valence-electron chi connectivity index (χ2n) is 5.94. The van der Waals surface area contributed by atoms with Crippen molar-refractivity contribution in [3.8, 4) is 6.07 Å². The summed E-state index contributed by atoms with van der Waals surface area (Å²) in [6.45, 7) is 0.606. The summed E-state index contributed by atoms with van der Waals surface area (Å²) in [7, 11) is 0. The first-order valence-corrected chi connectivity index (χ1v) is 8.45. The molecular formula is C20H18ClN3O. The zero-order valence-electron chi connectivity index (χ0n) is 13.6. The Balaban J connectivity index is 1.66. The average molecular weight is 352 g/mol. The fraction of sp³-hybridized carbons (Fsp3) is 0.200. The van der Waals surface area contributed by atoms with E-state index in [1.807, 2.05) is 41.0 Å². The maximum absolute atomic E-state index is 10.5. The van der Waals surface area contributed by atoms with E-state index >= 15 is 0 Å². The van der Waals surface area contributed by atoms with Crippen molar-refractivity contribution in [2.45, 2.75) is 25.5 Å². The molecule has 0 aliphatic carbocycles. The number of aromatic nitrogens is 2. The van der Waals surface area contributed by atoms with Crippen LogP contribution in [0.25, 0.3) is 0 Å². The Hall–Kier alpha value is -2.61. The number of hydrogen-bond donors (Lipinski definition) is 1. The molecule has 0 aliphatic heterocycles. The highest BCUT2D eigenvalue weighted by Gasteiger charge is 2.13. The number of halogens is 1. The van der Waals surface area contributed by atoms with Crippen LogP contribution in [0.3, 0.4) is 0 Å². The third-order valence-corrected chi connectivity index (χ3v) is 4.35. The first kappa shape index (κ1) is 17.2. The monoisotopic (exact) mass is 351 g/mol. The van der Waals surface area contributed by atoms with Gasteiger partial charge >= 0.3 is 0 Å². The Morgan fingerprint density at radius 3 is 2.68 bits per heavy atom. The predicted molar refractivity (Wildman–Crippen MR) is 97.2 cm³/mol. The molecular weight excluding hydrogens is 334 g/mol. The molecule has 0 aliphatic rings. The minimum atomic E-state index is -0.597. The van der Waals surface area contributed by atoms with Gasteiger partial charge in [-0.15, -0.1) is 0 Å². The molecule has 25 heavy (non-hydrogen) atoms. The first-order valence-electron chi connectivity index (χ1n) is 8.07. The van der Waals surface area contributed by atoms with Gasteiger partial charge in [0.1, 0.15) is 0 Å². The fourth-order valence-electron chi connectivity index (χ4n) is 2.77. The van der Waals surface area contributed by atoms with Crippen LogP contribution in [-0.2, 0) is 13.0 Å². The van der Waals surface area contributed by atoms with Gasteiger partial charge in [-0.1, -0.05) is 35.9 Å². The van der Waals surface area contributed by atoms with Gasteiger partial charge in [0, 0.05) is 11.6 Å². The first-order chi connectivity index (χ1) is 12.2. The maximum Gasteiger partial charge on any atom is 0.0991 e. The Kier molecular flexibility index (Phi) is 5.49. The average Bonchev–Trinajstić information content (AvgIpc) is 3.08. The summed E-state index contributed by atoms with van der Waals surface area (Å²) in [6.07, 6.45) is 4.16. The van der Waals surface area contributed by atoms with Gasteiger partial charge in [-0.25, -0.2) is 4.98 Å². The third kappa shape index (κ3) is 4.48. The lowest BCUT2D eigenvalue weighted by Gasteiger charge is -2.14. The second kappa shape index (κ2) is 7.98. The van der Waals surface area contributed by atoms with E-state index in [2.05, 4.69) is 11.1 Å². The van der Waals surface area contributed by atoms with Crippen molar-refractivity contribution in [2.75, 3.05) is 0 Å². The highest BCUT2D eigenvalue weighted by molar-refractivity contribution is 6.30. The summed E-state index contributed by atoms with van der Waals surface area (Å²) in [5, 5.41) is 20.1. The van der Waals surface area contributed by atoms with Crippen molar-refractivity contribution in [2.24, 2.45) is 0 Å². The smallest absolute Gasteiger partial charge is 0.0991 e. The molecule has 0 spiro atoms. The number of benzene rings is 2. The molecule has 1 aromatic heterocycles. The van der Waals surface area contributed by atoms with Gasteiger partial charge in [0.2, 0.25) is 0 Å². The van der Waals surface area contributed by atoms with Crippen LogP contribution < -0.4 is 0 Å². The number of nitrogens with zero attached hydrogens (tertiary/aromatic N) is 3. The summed E-state index contributed by atoms with van der Waals surface area (Å²) < 4.78 is 1.93. The topological polar surface area (TPSA) is 61.8 Å². The number of nitriles is 1. The standard InChI is InChI=1S/C20H18ClN3O/c21-18-3-1-2-15(10-18)8-9-20(25)19-12-23-14-24(19)13-17-6-4-16(11-22)5-7-17/h1-7,10,12,14,20,25H,8-9,13H2. The minimum Gasteiger partial charge on any atom is -0.387 e. The fourth-order valence-corrected chi connectivity index (χ4v) is 2.98. The zero-order valence-corrected chi connectivity index (χ0v) is 14.4. The normalized spacial score (nSPS) is 11.9. The van der Waals surface area contributed by atoms with Gasteiger partial charge in [0.05, 0.1) is 36.0 Å². The largest absolute Gasteiger partial charge is 0.387 e. The Morgan fingerprint density at radius 1 is 1.16 bits per heavy atom. The minimum absolute atomic E-state index is 0.597. The van der Waals surface area contributed by atoms with E-state index < -0.39 is 6.10 Å². The molecule has 1 unspecified atom stereocenters. The molecule has 3 aromatic rings. The molecule has 1 N–H and O–H groups in total. The van der Waals surface area contributed by atoms with Crippen LogP contribution in [0.2, 0.25) is 5.02 Å². The van der Waals surface area contributed by atoms with Gasteiger partial charge in [-0.2, -0.15) is 5.26 Å². The molecule has 0 bridgehead atoms. The van der Waals surface area contributed by atoms with Crippen LogP contribution in [0.5, 0.6) is 0 Å². The Bertz CT molecular complexity index is 880. The highest BCUT2D eigenvalue weighted by Crippen LogP contribution is 2.21. The maximum atomic E-state index is 10.5. The van der Waals surface area contributed by atoms with Crippen LogP contribution in [0, 0.1) is 11.3 Å². The number of aliphatic hydroxyl groups excluding tert-OH is 1. The van der Waals surface area contributed by atoms with Gasteiger partial charge in [0.15, 0.2) is 0 Å². The van der Waals surface area contributed by atoms with E-state index in [-0.39, 0.29) is 0 Å². The highest BCUT2D eigenvalue weighted by atomic mass is 35.5. The molecule has 0 saturated carbocycles. The van der Waals surface area contributed by atoms with Crippen molar-refractivity contribution < 1.29 is 5.11 Å². The van der Waals surface area contributed by atoms with E-state index in [9.17, 15) is 5.11 Å². The lowest BCUT2D eigenvalue weighted by Crippen LogP contribution is -2.09. The third-order valence-electron chi connectivity index (χ3n) is 4.12. The molecule has 0 radical (unpaired) electrons. The van der Waals surface area contributed by atoms with Crippen LogP contribution in [0.4, 0.5) is 0 Å². The molecule has 0 amide bonds. The number of hydrogen-bond acceptors (Lipinski definition) is 3. The molecule has 0 fully saturated rings. The number of aryl methyl sites for hydroxylation is 1. The van der Waals surface area contributed by atoms with E-state index in [4.69, 9.17) is 16.9 Å². The predicted octanol–water partition coefficient (Wildman–Crippen LogP) is 4.12. The van der Waals surface area contributed by atoms with Crippen molar-refractivity contribution in [3.63, 3.8) is 0 Å². The molecule has 1 atom stereocenters. The van der Waals surface area contributed by atoms with Crippen LogP contribution in [-0.4, -0.2) is 14.7 Å². The zero-order chi connectivity index (χ0) is 17.6. The molecule has 3 rings (SSSR count). The second-order valence-corrected chi connectivity index (χ2v) is 6.38. The van der Waals surface area contributed by atoms with Crippen LogP contribution in [0.15, 0.2) is 61.1 Å². The van der Waals surface area contributed by atoms with E-state index in [1.165, 1.54) is 0 Å².